The first-order valence-corrected chi connectivity index (χ1v) is 12.5. The molecule has 0 bridgehead atoms. The van der Waals surface area contributed by atoms with Crippen molar-refractivity contribution in [2.45, 2.75) is 58.3 Å². The molecule has 1 saturated heterocycles. The number of anilines is 1. The standard InChI is InChI=1S/C26H30Cl2F3N3O2/c1-25(2,3)33-24(36)17-9-11-34(12-10-17)15-16-5-4-6-18(13-16)32-22(35)14-19-21(27)8-7-20(23(19)28)26(29,30)31/h4-8,13,17H,9-12,14-15H2,1-3H3,(H,32,35)(H,33,36). The van der Waals surface area contributed by atoms with Gasteiger partial charge in [-0.2, -0.15) is 13.2 Å². The molecule has 0 atom stereocenters. The van der Waals surface area contributed by atoms with Gasteiger partial charge < -0.3 is 10.6 Å². The van der Waals surface area contributed by atoms with Crippen LogP contribution >= 0.6 is 23.2 Å². The van der Waals surface area contributed by atoms with Crippen molar-refractivity contribution < 1.29 is 22.8 Å². The van der Waals surface area contributed by atoms with Crippen LogP contribution < -0.4 is 10.6 Å². The van der Waals surface area contributed by atoms with Crippen molar-refractivity contribution in [1.29, 1.82) is 0 Å². The van der Waals surface area contributed by atoms with Crippen LogP contribution in [0.5, 0.6) is 0 Å². The summed E-state index contributed by atoms with van der Waals surface area (Å²) in [6.45, 7) is 8.12. The lowest BCUT2D eigenvalue weighted by Gasteiger charge is -2.33. The fourth-order valence-electron chi connectivity index (χ4n) is 4.17. The fraction of sp³-hybridized carbons (Fsp3) is 0.462. The maximum absolute atomic E-state index is 13.2. The summed E-state index contributed by atoms with van der Waals surface area (Å²) in [6.07, 6.45) is -3.49. The van der Waals surface area contributed by atoms with E-state index < -0.39 is 29.1 Å². The molecular formula is C26H30Cl2F3N3O2. The topological polar surface area (TPSA) is 61.4 Å². The van der Waals surface area contributed by atoms with Gasteiger partial charge in [0.05, 0.1) is 17.0 Å². The van der Waals surface area contributed by atoms with E-state index >= 15 is 0 Å². The number of amides is 2. The molecule has 3 rings (SSSR count). The molecule has 0 spiro atoms. The zero-order valence-electron chi connectivity index (χ0n) is 20.4. The normalized spacial score (nSPS) is 15.6. The van der Waals surface area contributed by atoms with Crippen molar-refractivity contribution in [3.05, 3.63) is 63.1 Å². The Morgan fingerprint density at radius 2 is 1.72 bits per heavy atom. The molecule has 0 saturated carbocycles. The minimum Gasteiger partial charge on any atom is -0.351 e. The number of piperidine rings is 1. The van der Waals surface area contributed by atoms with Gasteiger partial charge in [0, 0.05) is 28.7 Å². The van der Waals surface area contributed by atoms with Gasteiger partial charge in [0.1, 0.15) is 0 Å². The quantitative estimate of drug-likeness (QED) is 0.448. The van der Waals surface area contributed by atoms with Gasteiger partial charge in [-0.1, -0.05) is 35.3 Å². The van der Waals surface area contributed by atoms with E-state index in [9.17, 15) is 22.8 Å². The number of hydrogen-bond acceptors (Lipinski definition) is 3. The van der Waals surface area contributed by atoms with Crippen molar-refractivity contribution in [2.24, 2.45) is 5.92 Å². The molecule has 2 N–H and O–H groups in total. The number of benzene rings is 2. The summed E-state index contributed by atoms with van der Waals surface area (Å²) in [5, 5.41) is 5.19. The van der Waals surface area contributed by atoms with Crippen LogP contribution in [-0.4, -0.2) is 35.3 Å². The maximum atomic E-state index is 13.2. The second-order valence-corrected chi connectivity index (χ2v) is 10.9. The number of nitrogens with zero attached hydrogens (tertiary/aromatic N) is 1. The molecule has 196 valence electrons. The number of carbonyl (C=O) groups is 2. The lowest BCUT2D eigenvalue weighted by molar-refractivity contribution is -0.137. The summed E-state index contributed by atoms with van der Waals surface area (Å²) in [4.78, 5) is 27.3. The highest BCUT2D eigenvalue weighted by Crippen LogP contribution is 2.39. The smallest absolute Gasteiger partial charge is 0.351 e. The van der Waals surface area contributed by atoms with Gasteiger partial charge in [-0.3, -0.25) is 14.5 Å². The van der Waals surface area contributed by atoms with Crippen molar-refractivity contribution in [2.75, 3.05) is 18.4 Å². The van der Waals surface area contributed by atoms with Gasteiger partial charge in [0.25, 0.3) is 0 Å². The summed E-state index contributed by atoms with van der Waals surface area (Å²) in [5.41, 5.74) is 0.145. The zero-order valence-corrected chi connectivity index (χ0v) is 21.9. The molecule has 0 unspecified atom stereocenters. The molecule has 2 aromatic carbocycles. The average molecular weight is 544 g/mol. The van der Waals surface area contributed by atoms with E-state index in [1.54, 1.807) is 12.1 Å². The molecule has 10 heteroatoms. The van der Waals surface area contributed by atoms with Crippen LogP contribution in [0.15, 0.2) is 36.4 Å². The van der Waals surface area contributed by atoms with E-state index in [0.29, 0.717) is 12.2 Å². The van der Waals surface area contributed by atoms with E-state index in [0.717, 1.165) is 43.6 Å². The SMILES string of the molecule is CC(C)(C)NC(=O)C1CCN(Cc2cccc(NC(=O)Cc3c(Cl)ccc(C(F)(F)F)c3Cl)c2)CC1. The van der Waals surface area contributed by atoms with E-state index in [1.165, 1.54) is 0 Å². The van der Waals surface area contributed by atoms with Crippen molar-refractivity contribution >= 4 is 40.7 Å². The number of nitrogens with one attached hydrogen (secondary N) is 2. The Morgan fingerprint density at radius 3 is 2.33 bits per heavy atom. The van der Waals surface area contributed by atoms with Crippen LogP contribution in [0.25, 0.3) is 0 Å². The first-order chi connectivity index (χ1) is 16.7. The summed E-state index contributed by atoms with van der Waals surface area (Å²) >= 11 is 12.0. The molecule has 5 nitrogen and oxygen atoms in total. The molecule has 2 amide bonds. The molecule has 1 fully saturated rings. The van der Waals surface area contributed by atoms with Crippen LogP contribution in [-0.2, 0) is 28.7 Å². The largest absolute Gasteiger partial charge is 0.417 e. The second kappa shape index (κ2) is 11.4. The van der Waals surface area contributed by atoms with E-state index in [2.05, 4.69) is 15.5 Å². The van der Waals surface area contributed by atoms with Crippen molar-refractivity contribution in [3.8, 4) is 0 Å². The lowest BCUT2D eigenvalue weighted by atomic mass is 9.94. The predicted molar refractivity (Wildman–Crippen MR) is 136 cm³/mol. The van der Waals surface area contributed by atoms with Crippen LogP contribution in [0.1, 0.15) is 50.3 Å². The molecule has 1 aliphatic rings. The third-order valence-corrected chi connectivity index (χ3v) is 6.69. The highest BCUT2D eigenvalue weighted by atomic mass is 35.5. The van der Waals surface area contributed by atoms with E-state index in [1.807, 2.05) is 32.9 Å². The minimum absolute atomic E-state index is 0.000550. The first-order valence-electron chi connectivity index (χ1n) is 11.7. The summed E-state index contributed by atoms with van der Waals surface area (Å²) < 4.78 is 39.5. The first kappa shape index (κ1) is 28.3. The Labute approximate surface area is 219 Å². The number of hydrogen-bond donors (Lipinski definition) is 2. The highest BCUT2D eigenvalue weighted by molar-refractivity contribution is 6.36. The van der Waals surface area contributed by atoms with Gasteiger partial charge in [-0.15, -0.1) is 0 Å². The minimum atomic E-state index is -4.65. The van der Waals surface area contributed by atoms with Gasteiger partial charge >= 0.3 is 6.18 Å². The van der Waals surface area contributed by atoms with E-state index in [-0.39, 0.29) is 28.0 Å². The number of alkyl halides is 3. The van der Waals surface area contributed by atoms with E-state index in [4.69, 9.17) is 23.2 Å². The van der Waals surface area contributed by atoms with Crippen LogP contribution in [0.2, 0.25) is 10.0 Å². The van der Waals surface area contributed by atoms with Crippen LogP contribution in [0, 0.1) is 5.92 Å². The number of carbonyl (C=O) groups excluding carboxylic acids is 2. The molecule has 0 radical (unpaired) electrons. The Balaban J connectivity index is 1.58. The van der Waals surface area contributed by atoms with Gasteiger partial charge in [-0.05, 0) is 82.1 Å². The third kappa shape index (κ3) is 7.85. The Bertz CT molecular complexity index is 1110. The summed E-state index contributed by atoms with van der Waals surface area (Å²) in [5.74, 6) is -0.436. The third-order valence-electron chi connectivity index (χ3n) is 5.90. The lowest BCUT2D eigenvalue weighted by Crippen LogP contribution is -2.46. The molecule has 1 aliphatic heterocycles. The Hall–Kier alpha value is -2.29. The van der Waals surface area contributed by atoms with Crippen LogP contribution in [0.4, 0.5) is 18.9 Å². The highest BCUT2D eigenvalue weighted by Gasteiger charge is 2.35. The molecule has 36 heavy (non-hydrogen) atoms. The predicted octanol–water partition coefficient (Wildman–Crippen LogP) is 6.32. The van der Waals surface area contributed by atoms with Gasteiger partial charge in [0.2, 0.25) is 11.8 Å². The summed E-state index contributed by atoms with van der Waals surface area (Å²) in [7, 11) is 0. The Kier molecular flexibility index (Phi) is 8.96. The molecule has 1 heterocycles. The molecule has 0 aliphatic carbocycles. The number of rotatable bonds is 6. The fourth-order valence-corrected chi connectivity index (χ4v) is 4.79. The number of halogens is 5. The molecule has 2 aromatic rings. The Morgan fingerprint density at radius 1 is 1.06 bits per heavy atom. The van der Waals surface area contributed by atoms with Crippen LogP contribution in [0.3, 0.4) is 0 Å². The average Bonchev–Trinajstić information content (AvgIpc) is 2.75. The maximum Gasteiger partial charge on any atom is 0.417 e. The van der Waals surface area contributed by atoms with Crippen molar-refractivity contribution in [3.63, 3.8) is 0 Å². The van der Waals surface area contributed by atoms with Gasteiger partial charge in [0.15, 0.2) is 0 Å². The van der Waals surface area contributed by atoms with Crippen molar-refractivity contribution in [1.82, 2.24) is 10.2 Å². The second-order valence-electron chi connectivity index (χ2n) is 10.1. The molecule has 0 aromatic heterocycles. The zero-order chi connectivity index (χ0) is 26.7. The summed E-state index contributed by atoms with van der Waals surface area (Å²) in [6, 6.07) is 9.17. The molecular weight excluding hydrogens is 514 g/mol. The number of likely N-dealkylation sites (tertiary alicyclic amines) is 1. The monoisotopic (exact) mass is 543 g/mol. The van der Waals surface area contributed by atoms with Gasteiger partial charge in [-0.25, -0.2) is 0 Å².